The van der Waals surface area contributed by atoms with E-state index in [2.05, 4.69) is 6.92 Å². The number of hydrogen-bond donors (Lipinski definition) is 2. The standard InChI is InChI=1S/C12H15FN2O2/c1-7-2-3-15(6-7)11-5-9(13)8(12(16)17)4-10(11)14/h4-5,7H,2-3,6,14H2,1H3,(H,16,17). The van der Waals surface area contributed by atoms with Gasteiger partial charge in [-0.15, -0.1) is 0 Å². The molecule has 92 valence electrons. The molecule has 1 aliphatic heterocycles. The summed E-state index contributed by atoms with van der Waals surface area (Å²) in [6, 6.07) is 2.41. The van der Waals surface area contributed by atoms with Gasteiger partial charge < -0.3 is 15.7 Å². The van der Waals surface area contributed by atoms with E-state index in [9.17, 15) is 9.18 Å². The topological polar surface area (TPSA) is 66.6 Å². The predicted molar refractivity (Wildman–Crippen MR) is 63.8 cm³/mol. The molecule has 1 saturated heterocycles. The zero-order valence-corrected chi connectivity index (χ0v) is 9.61. The first-order valence-corrected chi connectivity index (χ1v) is 5.56. The third kappa shape index (κ3) is 2.18. The second-order valence-electron chi connectivity index (χ2n) is 4.54. The van der Waals surface area contributed by atoms with Gasteiger partial charge in [0.2, 0.25) is 0 Å². The molecule has 2 rings (SSSR count). The van der Waals surface area contributed by atoms with Gasteiger partial charge in [0.05, 0.1) is 16.9 Å². The lowest BCUT2D eigenvalue weighted by molar-refractivity contribution is 0.0692. The minimum absolute atomic E-state index is 0.318. The maximum Gasteiger partial charge on any atom is 0.338 e. The summed E-state index contributed by atoms with van der Waals surface area (Å²) in [4.78, 5) is 12.7. The number of nitrogen functional groups attached to an aromatic ring is 1. The molecule has 0 aliphatic carbocycles. The SMILES string of the molecule is CC1CCN(c2cc(F)c(C(=O)O)cc2N)C1. The van der Waals surface area contributed by atoms with Crippen LogP contribution in [0.15, 0.2) is 12.1 Å². The molecule has 1 aliphatic rings. The molecular weight excluding hydrogens is 223 g/mol. The van der Waals surface area contributed by atoms with Gasteiger partial charge in [-0.2, -0.15) is 0 Å². The summed E-state index contributed by atoms with van der Waals surface area (Å²) in [5.74, 6) is -1.48. The molecule has 0 saturated carbocycles. The average molecular weight is 238 g/mol. The van der Waals surface area contributed by atoms with E-state index in [-0.39, 0.29) is 5.56 Å². The van der Waals surface area contributed by atoms with E-state index in [0.717, 1.165) is 19.5 Å². The largest absolute Gasteiger partial charge is 0.478 e. The van der Waals surface area contributed by atoms with Gasteiger partial charge in [0.1, 0.15) is 5.82 Å². The lowest BCUT2D eigenvalue weighted by atomic mass is 10.1. The Kier molecular flexibility index (Phi) is 2.92. The van der Waals surface area contributed by atoms with E-state index in [1.54, 1.807) is 0 Å². The molecule has 1 fully saturated rings. The molecule has 0 radical (unpaired) electrons. The van der Waals surface area contributed by atoms with Crippen LogP contribution in [0.25, 0.3) is 0 Å². The molecule has 1 heterocycles. The van der Waals surface area contributed by atoms with Gasteiger partial charge in [-0.25, -0.2) is 9.18 Å². The van der Waals surface area contributed by atoms with Crippen LogP contribution in [0.1, 0.15) is 23.7 Å². The highest BCUT2D eigenvalue weighted by Crippen LogP contribution is 2.30. The lowest BCUT2D eigenvalue weighted by Crippen LogP contribution is -2.21. The van der Waals surface area contributed by atoms with Crippen molar-refractivity contribution < 1.29 is 14.3 Å². The van der Waals surface area contributed by atoms with Gasteiger partial charge in [-0.3, -0.25) is 0 Å². The Balaban J connectivity index is 2.36. The molecule has 4 nitrogen and oxygen atoms in total. The second-order valence-corrected chi connectivity index (χ2v) is 4.54. The summed E-state index contributed by atoms with van der Waals surface area (Å²) in [5.41, 5.74) is 6.32. The van der Waals surface area contributed by atoms with Crippen LogP contribution < -0.4 is 10.6 Å². The van der Waals surface area contributed by atoms with Crippen LogP contribution in [0.2, 0.25) is 0 Å². The van der Waals surface area contributed by atoms with Crippen molar-refractivity contribution >= 4 is 17.3 Å². The van der Waals surface area contributed by atoms with Crippen molar-refractivity contribution in [1.82, 2.24) is 0 Å². The highest BCUT2D eigenvalue weighted by molar-refractivity contribution is 5.91. The quantitative estimate of drug-likeness (QED) is 0.773. The van der Waals surface area contributed by atoms with Crippen LogP contribution in [-0.4, -0.2) is 24.2 Å². The van der Waals surface area contributed by atoms with Crippen molar-refractivity contribution in [2.24, 2.45) is 5.92 Å². The number of carboxylic acid groups (broad SMARTS) is 1. The number of benzene rings is 1. The third-order valence-electron chi connectivity index (χ3n) is 3.11. The van der Waals surface area contributed by atoms with Crippen molar-refractivity contribution in [3.63, 3.8) is 0 Å². The molecular formula is C12H15FN2O2. The summed E-state index contributed by atoms with van der Waals surface area (Å²) >= 11 is 0. The number of halogens is 1. The summed E-state index contributed by atoms with van der Waals surface area (Å²) in [5, 5.41) is 8.78. The number of aromatic carboxylic acids is 1. The number of anilines is 2. The summed E-state index contributed by atoms with van der Waals surface area (Å²) in [7, 11) is 0. The molecule has 0 bridgehead atoms. The van der Waals surface area contributed by atoms with E-state index >= 15 is 0 Å². The van der Waals surface area contributed by atoms with Gasteiger partial charge in [-0.05, 0) is 18.4 Å². The first-order valence-electron chi connectivity index (χ1n) is 5.56. The molecule has 0 aromatic heterocycles. The van der Waals surface area contributed by atoms with E-state index < -0.39 is 11.8 Å². The molecule has 1 atom stereocenters. The number of carbonyl (C=O) groups is 1. The monoisotopic (exact) mass is 238 g/mol. The molecule has 3 N–H and O–H groups in total. The zero-order chi connectivity index (χ0) is 12.6. The molecule has 0 spiro atoms. The summed E-state index contributed by atoms with van der Waals surface area (Å²) in [6.07, 6.45) is 1.04. The van der Waals surface area contributed by atoms with Crippen molar-refractivity contribution in [3.8, 4) is 0 Å². The van der Waals surface area contributed by atoms with E-state index in [0.29, 0.717) is 17.3 Å². The molecule has 0 amide bonds. The molecule has 1 aromatic rings. The number of nitrogens with two attached hydrogens (primary N) is 1. The Morgan fingerprint density at radius 3 is 2.82 bits per heavy atom. The molecule has 17 heavy (non-hydrogen) atoms. The fourth-order valence-corrected chi connectivity index (χ4v) is 2.17. The van der Waals surface area contributed by atoms with Gasteiger partial charge in [0.25, 0.3) is 0 Å². The van der Waals surface area contributed by atoms with Gasteiger partial charge in [-0.1, -0.05) is 6.92 Å². The first kappa shape index (κ1) is 11.7. The maximum absolute atomic E-state index is 13.6. The Morgan fingerprint density at radius 2 is 2.29 bits per heavy atom. The highest BCUT2D eigenvalue weighted by Gasteiger charge is 2.23. The number of carboxylic acids is 1. The van der Waals surface area contributed by atoms with Crippen LogP contribution >= 0.6 is 0 Å². The van der Waals surface area contributed by atoms with Gasteiger partial charge in [0, 0.05) is 19.2 Å². The van der Waals surface area contributed by atoms with Crippen molar-refractivity contribution in [2.45, 2.75) is 13.3 Å². The lowest BCUT2D eigenvalue weighted by Gasteiger charge is -2.20. The van der Waals surface area contributed by atoms with Crippen LogP contribution in [0, 0.1) is 11.7 Å². The van der Waals surface area contributed by atoms with Crippen molar-refractivity contribution in [1.29, 1.82) is 0 Å². The smallest absolute Gasteiger partial charge is 0.338 e. The number of rotatable bonds is 2. The Morgan fingerprint density at radius 1 is 1.59 bits per heavy atom. The maximum atomic E-state index is 13.6. The van der Waals surface area contributed by atoms with Crippen LogP contribution in [0.3, 0.4) is 0 Å². The van der Waals surface area contributed by atoms with Gasteiger partial charge >= 0.3 is 5.97 Å². The van der Waals surface area contributed by atoms with Gasteiger partial charge in [0.15, 0.2) is 0 Å². The Hall–Kier alpha value is -1.78. The highest BCUT2D eigenvalue weighted by atomic mass is 19.1. The molecule has 1 unspecified atom stereocenters. The average Bonchev–Trinajstić information content (AvgIpc) is 2.67. The summed E-state index contributed by atoms with van der Waals surface area (Å²) in [6.45, 7) is 3.78. The third-order valence-corrected chi connectivity index (χ3v) is 3.11. The number of nitrogens with zero attached hydrogens (tertiary/aromatic N) is 1. The fourth-order valence-electron chi connectivity index (χ4n) is 2.17. The first-order chi connectivity index (χ1) is 7.99. The summed E-state index contributed by atoms with van der Waals surface area (Å²) < 4.78 is 13.6. The number of hydrogen-bond acceptors (Lipinski definition) is 3. The minimum atomic E-state index is -1.30. The Labute approximate surface area is 98.8 Å². The second kappa shape index (κ2) is 4.24. The molecule has 5 heteroatoms. The van der Waals surface area contributed by atoms with E-state index in [1.807, 2.05) is 4.90 Å². The van der Waals surface area contributed by atoms with E-state index in [4.69, 9.17) is 10.8 Å². The normalized spacial score (nSPS) is 19.6. The Bertz CT molecular complexity index is 462. The predicted octanol–water partition coefficient (Wildman–Crippen LogP) is 1.95. The zero-order valence-electron chi connectivity index (χ0n) is 9.61. The van der Waals surface area contributed by atoms with Crippen LogP contribution in [0.5, 0.6) is 0 Å². The van der Waals surface area contributed by atoms with E-state index in [1.165, 1.54) is 12.1 Å². The van der Waals surface area contributed by atoms with Crippen LogP contribution in [-0.2, 0) is 0 Å². The van der Waals surface area contributed by atoms with Crippen molar-refractivity contribution in [2.75, 3.05) is 23.7 Å². The van der Waals surface area contributed by atoms with Crippen LogP contribution in [0.4, 0.5) is 15.8 Å². The fraction of sp³-hybridized carbons (Fsp3) is 0.417. The molecule has 1 aromatic carbocycles. The minimum Gasteiger partial charge on any atom is -0.478 e. The van der Waals surface area contributed by atoms with Crippen molar-refractivity contribution in [3.05, 3.63) is 23.5 Å².